The van der Waals surface area contributed by atoms with Crippen LogP contribution in [-0.4, -0.2) is 43.0 Å². The van der Waals surface area contributed by atoms with Crippen molar-refractivity contribution in [1.29, 1.82) is 5.26 Å². The predicted molar refractivity (Wildman–Crippen MR) is 93.0 cm³/mol. The van der Waals surface area contributed by atoms with E-state index in [4.69, 9.17) is 4.74 Å². The molecule has 2 amide bonds. The molecule has 1 heterocycles. The number of morpholine rings is 1. The van der Waals surface area contributed by atoms with Crippen LogP contribution in [0.25, 0.3) is 0 Å². The van der Waals surface area contributed by atoms with Gasteiger partial charge in [-0.05, 0) is 37.5 Å². The van der Waals surface area contributed by atoms with Crippen molar-refractivity contribution in [3.8, 4) is 6.07 Å². The first-order valence-electron chi connectivity index (χ1n) is 8.77. The monoisotopic (exact) mass is 341 g/mol. The van der Waals surface area contributed by atoms with Gasteiger partial charge in [0.15, 0.2) is 0 Å². The fraction of sp³-hybridized carbons (Fsp3) is 0.526. The van der Waals surface area contributed by atoms with Gasteiger partial charge in [0, 0.05) is 24.3 Å². The Morgan fingerprint density at radius 2 is 1.92 bits per heavy atom. The summed E-state index contributed by atoms with van der Waals surface area (Å²) in [6.07, 6.45) is 2.99. The van der Waals surface area contributed by atoms with Crippen molar-refractivity contribution in [3.05, 3.63) is 29.3 Å². The third-order valence-corrected chi connectivity index (χ3v) is 5.22. The molecule has 0 bridgehead atoms. The van der Waals surface area contributed by atoms with E-state index in [0.29, 0.717) is 50.4 Å². The van der Waals surface area contributed by atoms with Crippen molar-refractivity contribution < 1.29 is 14.3 Å². The highest BCUT2D eigenvalue weighted by Crippen LogP contribution is 2.38. The summed E-state index contributed by atoms with van der Waals surface area (Å²) in [4.78, 5) is 27.2. The van der Waals surface area contributed by atoms with E-state index in [1.54, 1.807) is 23.1 Å². The molecular weight excluding hydrogens is 318 g/mol. The fourth-order valence-electron chi connectivity index (χ4n) is 3.55. The van der Waals surface area contributed by atoms with Crippen molar-refractivity contribution in [2.24, 2.45) is 5.41 Å². The normalized spacial score (nSPS) is 19.3. The Balaban J connectivity index is 1.80. The lowest BCUT2D eigenvalue weighted by Crippen LogP contribution is -2.41. The maximum atomic E-state index is 12.7. The van der Waals surface area contributed by atoms with Gasteiger partial charge in [0.25, 0.3) is 5.91 Å². The SMILES string of the molecule is Cc1c(NC(=O)C2(C#N)CCCC2)cccc1C(=O)N1CCOCC1. The van der Waals surface area contributed by atoms with E-state index in [9.17, 15) is 14.9 Å². The van der Waals surface area contributed by atoms with Crippen molar-refractivity contribution in [2.75, 3.05) is 31.6 Å². The summed E-state index contributed by atoms with van der Waals surface area (Å²) < 4.78 is 5.29. The van der Waals surface area contributed by atoms with Gasteiger partial charge in [-0.3, -0.25) is 9.59 Å². The summed E-state index contributed by atoms with van der Waals surface area (Å²) >= 11 is 0. The Morgan fingerprint density at radius 3 is 2.56 bits per heavy atom. The van der Waals surface area contributed by atoms with E-state index in [1.807, 2.05) is 6.92 Å². The Morgan fingerprint density at radius 1 is 1.24 bits per heavy atom. The first-order chi connectivity index (χ1) is 12.1. The van der Waals surface area contributed by atoms with Crippen molar-refractivity contribution >= 4 is 17.5 Å². The number of benzene rings is 1. The third-order valence-electron chi connectivity index (χ3n) is 5.22. The first-order valence-corrected chi connectivity index (χ1v) is 8.77. The number of anilines is 1. The van der Waals surface area contributed by atoms with E-state index in [0.717, 1.165) is 18.4 Å². The van der Waals surface area contributed by atoms with Gasteiger partial charge in [0.1, 0.15) is 5.41 Å². The summed E-state index contributed by atoms with van der Waals surface area (Å²) in [5, 5.41) is 12.3. The van der Waals surface area contributed by atoms with Crippen molar-refractivity contribution in [3.63, 3.8) is 0 Å². The molecule has 0 atom stereocenters. The molecule has 0 spiro atoms. The molecule has 132 valence electrons. The largest absolute Gasteiger partial charge is 0.378 e. The van der Waals surface area contributed by atoms with Gasteiger partial charge in [-0.15, -0.1) is 0 Å². The van der Waals surface area contributed by atoms with E-state index in [2.05, 4.69) is 11.4 Å². The molecule has 3 rings (SSSR count). The molecule has 0 unspecified atom stereocenters. The quantitative estimate of drug-likeness (QED) is 0.916. The maximum Gasteiger partial charge on any atom is 0.254 e. The molecule has 1 saturated carbocycles. The van der Waals surface area contributed by atoms with E-state index >= 15 is 0 Å². The predicted octanol–water partition coefficient (Wildman–Crippen LogP) is 2.49. The number of carbonyl (C=O) groups is 2. The summed E-state index contributed by atoms with van der Waals surface area (Å²) in [5.41, 5.74) is 0.984. The number of hydrogen-bond acceptors (Lipinski definition) is 4. The number of ether oxygens (including phenoxy) is 1. The van der Waals surface area contributed by atoms with Crippen molar-refractivity contribution in [2.45, 2.75) is 32.6 Å². The highest BCUT2D eigenvalue weighted by Gasteiger charge is 2.41. The standard InChI is InChI=1S/C19H23N3O3/c1-14-15(17(23)22-9-11-25-12-10-22)5-4-6-16(14)21-18(24)19(13-20)7-2-3-8-19/h4-6H,2-3,7-12H2,1H3,(H,21,24). The van der Waals surface area contributed by atoms with Gasteiger partial charge in [-0.1, -0.05) is 18.9 Å². The molecule has 1 aliphatic heterocycles. The molecule has 25 heavy (non-hydrogen) atoms. The topological polar surface area (TPSA) is 82.4 Å². The number of amides is 2. The van der Waals surface area contributed by atoms with E-state index in [-0.39, 0.29) is 11.8 Å². The molecule has 1 saturated heterocycles. The number of hydrogen-bond donors (Lipinski definition) is 1. The maximum absolute atomic E-state index is 12.7. The van der Waals surface area contributed by atoms with Crippen LogP contribution in [0.4, 0.5) is 5.69 Å². The molecule has 0 radical (unpaired) electrons. The summed E-state index contributed by atoms with van der Waals surface area (Å²) in [5.74, 6) is -0.306. The summed E-state index contributed by atoms with van der Waals surface area (Å²) in [7, 11) is 0. The van der Waals surface area contributed by atoms with Crippen LogP contribution < -0.4 is 5.32 Å². The van der Waals surface area contributed by atoms with Crippen molar-refractivity contribution in [1.82, 2.24) is 4.90 Å². The minimum Gasteiger partial charge on any atom is -0.378 e. The summed E-state index contributed by atoms with van der Waals surface area (Å²) in [6, 6.07) is 7.53. The molecule has 1 aromatic rings. The lowest BCUT2D eigenvalue weighted by atomic mass is 9.87. The van der Waals surface area contributed by atoms with Gasteiger partial charge in [-0.2, -0.15) is 5.26 Å². The zero-order chi connectivity index (χ0) is 17.9. The second-order valence-corrected chi connectivity index (χ2v) is 6.74. The average molecular weight is 341 g/mol. The minimum atomic E-state index is -0.934. The van der Waals surface area contributed by atoms with Crippen LogP contribution in [0.5, 0.6) is 0 Å². The van der Waals surface area contributed by atoms with Crippen LogP contribution in [0.15, 0.2) is 18.2 Å². The molecule has 2 fully saturated rings. The number of nitrogens with zero attached hydrogens (tertiary/aromatic N) is 2. The van der Waals surface area contributed by atoms with Crippen LogP contribution in [0.1, 0.15) is 41.6 Å². The molecule has 6 heteroatoms. The van der Waals surface area contributed by atoms with Crippen LogP contribution >= 0.6 is 0 Å². The Kier molecular flexibility index (Phi) is 5.05. The third kappa shape index (κ3) is 3.38. The second-order valence-electron chi connectivity index (χ2n) is 6.74. The van der Waals surface area contributed by atoms with Crippen LogP contribution in [0.3, 0.4) is 0 Å². The highest BCUT2D eigenvalue weighted by molar-refractivity contribution is 6.01. The highest BCUT2D eigenvalue weighted by atomic mass is 16.5. The second kappa shape index (κ2) is 7.24. The van der Waals surface area contributed by atoms with Gasteiger partial charge in [0.05, 0.1) is 19.3 Å². The van der Waals surface area contributed by atoms with E-state index < -0.39 is 5.41 Å². The van der Waals surface area contributed by atoms with Gasteiger partial charge in [-0.25, -0.2) is 0 Å². The average Bonchev–Trinajstić information content (AvgIpc) is 3.14. The lowest BCUT2D eigenvalue weighted by Gasteiger charge is -2.28. The van der Waals surface area contributed by atoms with E-state index in [1.165, 1.54) is 0 Å². The van der Waals surface area contributed by atoms with Gasteiger partial charge < -0.3 is 15.0 Å². The van der Waals surface area contributed by atoms with Crippen LogP contribution in [0.2, 0.25) is 0 Å². The summed E-state index contributed by atoms with van der Waals surface area (Å²) in [6.45, 7) is 4.08. The molecule has 1 aliphatic carbocycles. The molecular formula is C19H23N3O3. The molecule has 0 aromatic heterocycles. The van der Waals surface area contributed by atoms with Crippen LogP contribution in [0, 0.1) is 23.7 Å². The lowest BCUT2D eigenvalue weighted by molar-refractivity contribution is -0.122. The molecule has 2 aliphatic rings. The molecule has 1 aromatic carbocycles. The Bertz CT molecular complexity index is 711. The molecule has 1 N–H and O–H groups in total. The zero-order valence-electron chi connectivity index (χ0n) is 14.5. The number of nitrogens with one attached hydrogen (secondary N) is 1. The van der Waals surface area contributed by atoms with Gasteiger partial charge in [0.2, 0.25) is 5.91 Å². The minimum absolute atomic E-state index is 0.0484. The Labute approximate surface area is 147 Å². The smallest absolute Gasteiger partial charge is 0.254 e. The van der Waals surface area contributed by atoms with Gasteiger partial charge >= 0.3 is 0 Å². The Hall–Kier alpha value is -2.39. The van der Waals surface area contributed by atoms with Crippen LogP contribution in [-0.2, 0) is 9.53 Å². The number of carbonyl (C=O) groups excluding carboxylic acids is 2. The number of rotatable bonds is 3. The number of nitriles is 1. The first kappa shape index (κ1) is 17.4. The fourth-order valence-corrected chi connectivity index (χ4v) is 3.55. The zero-order valence-corrected chi connectivity index (χ0v) is 14.5. The molecule has 6 nitrogen and oxygen atoms in total.